The number of H-pyrrole nitrogens is 1. The number of halogens is 2. The van der Waals surface area contributed by atoms with E-state index in [2.05, 4.69) is 40.5 Å². The van der Waals surface area contributed by atoms with Gasteiger partial charge in [-0.15, -0.1) is 5.10 Å². The molecule has 39 heavy (non-hydrogen) atoms. The molecule has 3 aromatic heterocycles. The average Bonchev–Trinajstić information content (AvgIpc) is 3.71. The number of carbonyl (C=O) groups excluding carboxylic acids is 2. The number of hydrogen-bond acceptors (Lipinski definition) is 8. The van der Waals surface area contributed by atoms with E-state index in [1.54, 1.807) is 29.3 Å². The lowest BCUT2D eigenvalue weighted by Gasteiger charge is -2.33. The maximum atomic E-state index is 15.3. The maximum absolute atomic E-state index is 15.3. The van der Waals surface area contributed by atoms with E-state index < -0.39 is 11.9 Å². The molecule has 0 bridgehead atoms. The summed E-state index contributed by atoms with van der Waals surface area (Å²) >= 11 is 6.11. The number of hydrogen-bond donors (Lipinski definition) is 2. The summed E-state index contributed by atoms with van der Waals surface area (Å²) in [6.45, 7) is 0. The van der Waals surface area contributed by atoms with Crippen molar-refractivity contribution in [2.45, 2.75) is 31.3 Å². The van der Waals surface area contributed by atoms with Gasteiger partial charge in [0, 0.05) is 17.7 Å². The highest BCUT2D eigenvalue weighted by Crippen LogP contribution is 2.44. The van der Waals surface area contributed by atoms with E-state index in [9.17, 15) is 9.59 Å². The number of tetrazole rings is 1. The van der Waals surface area contributed by atoms with Gasteiger partial charge in [-0.25, -0.2) is 14.2 Å². The van der Waals surface area contributed by atoms with Crippen molar-refractivity contribution in [1.29, 1.82) is 0 Å². The lowest BCUT2D eigenvalue weighted by atomic mass is 9.92. The summed E-state index contributed by atoms with van der Waals surface area (Å²) in [6.07, 6.45) is 7.26. The Bertz CT molecular complexity index is 1590. The topological polar surface area (TPSA) is 144 Å². The van der Waals surface area contributed by atoms with Gasteiger partial charge >= 0.3 is 6.09 Å². The summed E-state index contributed by atoms with van der Waals surface area (Å²) in [7, 11) is 1.28. The molecule has 2 N–H and O–H groups in total. The molecular formula is C25H21ClFN9O3. The number of imidazole rings is 1. The lowest BCUT2D eigenvalue weighted by Crippen LogP contribution is -2.39. The van der Waals surface area contributed by atoms with Crippen molar-refractivity contribution in [2.75, 3.05) is 12.4 Å². The first-order valence-corrected chi connectivity index (χ1v) is 12.4. The third kappa shape index (κ3) is 4.50. The molecule has 2 aliphatic rings. The summed E-state index contributed by atoms with van der Waals surface area (Å²) < 4.78 is 21.2. The van der Waals surface area contributed by atoms with E-state index in [1.165, 1.54) is 36.5 Å². The van der Waals surface area contributed by atoms with Crippen LogP contribution < -0.4 is 5.32 Å². The second-order valence-electron chi connectivity index (χ2n) is 9.11. The van der Waals surface area contributed by atoms with Crippen molar-refractivity contribution < 1.29 is 18.7 Å². The molecule has 2 aliphatic heterocycles. The van der Waals surface area contributed by atoms with E-state index in [-0.39, 0.29) is 28.6 Å². The second kappa shape index (κ2) is 9.91. The van der Waals surface area contributed by atoms with Gasteiger partial charge in [0.15, 0.2) is 5.82 Å². The van der Waals surface area contributed by atoms with Gasteiger partial charge in [0.05, 0.1) is 53.3 Å². The van der Waals surface area contributed by atoms with Crippen LogP contribution in [-0.4, -0.2) is 65.2 Å². The van der Waals surface area contributed by atoms with Gasteiger partial charge in [0.2, 0.25) is 5.91 Å². The minimum Gasteiger partial charge on any atom is -0.453 e. The van der Waals surface area contributed by atoms with Crippen molar-refractivity contribution in [3.05, 3.63) is 71.3 Å². The Morgan fingerprint density at radius 3 is 2.82 bits per heavy atom. The molecule has 5 heterocycles. The molecule has 0 spiro atoms. The number of nitrogens with zero attached hydrogens (tertiary/aromatic N) is 7. The first-order valence-electron chi connectivity index (χ1n) is 12.0. The molecule has 2 atom stereocenters. The number of carbonyl (C=O) groups is 2. The minimum atomic E-state index is -0.623. The highest BCUT2D eigenvalue weighted by molar-refractivity contribution is 6.31. The summed E-state index contributed by atoms with van der Waals surface area (Å²) in [5, 5.41) is 13.7. The van der Waals surface area contributed by atoms with E-state index in [1.807, 2.05) is 0 Å². The Morgan fingerprint density at radius 2 is 2.08 bits per heavy atom. The maximum Gasteiger partial charge on any atom is 0.411 e. The summed E-state index contributed by atoms with van der Waals surface area (Å²) in [4.78, 5) is 38.8. The highest BCUT2D eigenvalue weighted by atomic mass is 35.5. The zero-order valence-corrected chi connectivity index (χ0v) is 21.3. The fraction of sp³-hybridized carbons (Fsp3) is 0.240. The van der Waals surface area contributed by atoms with Crippen LogP contribution in [0.1, 0.15) is 36.7 Å². The first kappa shape index (κ1) is 24.7. The number of fused-ring (bicyclic) bond motifs is 1. The molecule has 198 valence electrons. The number of methoxy groups -OCH3 is 1. The molecule has 0 radical (unpaired) electrons. The molecule has 14 heteroatoms. The quantitative estimate of drug-likeness (QED) is 0.381. The molecule has 0 unspecified atom stereocenters. The predicted octanol–water partition coefficient (Wildman–Crippen LogP) is 3.94. The van der Waals surface area contributed by atoms with Crippen LogP contribution in [0, 0.1) is 5.82 Å². The normalized spacial score (nSPS) is 18.6. The number of amides is 2. The van der Waals surface area contributed by atoms with Crippen LogP contribution in [0.4, 0.5) is 14.9 Å². The van der Waals surface area contributed by atoms with Crippen LogP contribution in [0.2, 0.25) is 5.02 Å². The number of benzene rings is 1. The zero-order valence-electron chi connectivity index (χ0n) is 20.5. The van der Waals surface area contributed by atoms with Crippen molar-refractivity contribution >= 4 is 34.9 Å². The molecule has 0 aliphatic carbocycles. The largest absolute Gasteiger partial charge is 0.453 e. The van der Waals surface area contributed by atoms with Gasteiger partial charge in [-0.1, -0.05) is 11.6 Å². The molecule has 1 saturated heterocycles. The van der Waals surface area contributed by atoms with Crippen molar-refractivity contribution in [3.63, 3.8) is 0 Å². The number of rotatable bonds is 5. The number of pyridine rings is 1. The fourth-order valence-corrected chi connectivity index (χ4v) is 5.29. The summed E-state index contributed by atoms with van der Waals surface area (Å²) in [5.74, 6) is -0.220. The molecule has 1 aromatic carbocycles. The summed E-state index contributed by atoms with van der Waals surface area (Å²) in [6, 6.07) is 6.10. The van der Waals surface area contributed by atoms with Crippen LogP contribution in [0.25, 0.3) is 22.6 Å². The second-order valence-corrected chi connectivity index (χ2v) is 9.51. The number of anilines is 1. The Hall–Kier alpha value is -4.65. The van der Waals surface area contributed by atoms with Crippen LogP contribution in [0.5, 0.6) is 0 Å². The lowest BCUT2D eigenvalue weighted by molar-refractivity contribution is -0.129. The monoisotopic (exact) mass is 549 g/mol. The van der Waals surface area contributed by atoms with Gasteiger partial charge in [-0.05, 0) is 59.5 Å². The Morgan fingerprint density at radius 1 is 1.21 bits per heavy atom. The molecular weight excluding hydrogens is 529 g/mol. The van der Waals surface area contributed by atoms with Gasteiger partial charge in [-0.3, -0.25) is 15.1 Å². The standard InChI is InChI=1S/C25H21ClFN9O3/c1-39-25(38)31-14-2-5-17(28-10-14)18-11-29-24(32-18)20-6-3-15-8-13(9-21(37)36(15)20)22-19(35-12-30-33-34-35)7-4-16(26)23(22)27/h2,4-5,7,9-12,15,20H,3,6,8H2,1H3,(H,29,32)(H,31,38)/t15-,20-/m0/s1. The third-order valence-electron chi connectivity index (χ3n) is 6.88. The molecule has 6 rings (SSSR count). The van der Waals surface area contributed by atoms with Crippen molar-refractivity contribution in [2.24, 2.45) is 0 Å². The number of nitrogens with one attached hydrogen (secondary N) is 2. The number of ether oxygens (including phenoxy) is 1. The van der Waals surface area contributed by atoms with E-state index >= 15 is 4.39 Å². The molecule has 12 nitrogen and oxygen atoms in total. The van der Waals surface area contributed by atoms with Crippen LogP contribution in [0.15, 0.2) is 49.1 Å². The van der Waals surface area contributed by atoms with Crippen LogP contribution in [-0.2, 0) is 9.53 Å². The molecule has 4 aromatic rings. The van der Waals surface area contributed by atoms with E-state index in [0.717, 1.165) is 6.42 Å². The Balaban J connectivity index is 1.25. The Labute approximate surface area is 225 Å². The van der Waals surface area contributed by atoms with Crippen molar-refractivity contribution in [3.8, 4) is 17.1 Å². The zero-order chi connectivity index (χ0) is 27.1. The average molecular weight is 550 g/mol. The van der Waals surface area contributed by atoms with Gasteiger partial charge in [0.25, 0.3) is 0 Å². The van der Waals surface area contributed by atoms with Crippen LogP contribution in [0.3, 0.4) is 0 Å². The molecule has 1 fully saturated rings. The summed E-state index contributed by atoms with van der Waals surface area (Å²) in [5.41, 5.74) is 2.94. The van der Waals surface area contributed by atoms with Crippen molar-refractivity contribution in [1.82, 2.24) is 40.1 Å². The number of aromatic nitrogens is 7. The SMILES string of the molecule is COC(=O)Nc1ccc(-c2cnc([C@@H]3CC[C@H]4CC(c5c(-n6cnnn6)ccc(Cl)c5F)=CC(=O)N43)[nH]2)nc1. The Kier molecular flexibility index (Phi) is 6.27. The smallest absolute Gasteiger partial charge is 0.411 e. The van der Waals surface area contributed by atoms with Gasteiger partial charge in [-0.2, -0.15) is 4.68 Å². The van der Waals surface area contributed by atoms with Gasteiger partial charge in [0.1, 0.15) is 12.2 Å². The van der Waals surface area contributed by atoms with E-state index in [0.29, 0.717) is 47.0 Å². The molecule has 0 saturated carbocycles. The van der Waals surface area contributed by atoms with Crippen LogP contribution >= 0.6 is 11.6 Å². The number of aromatic amines is 1. The predicted molar refractivity (Wildman–Crippen MR) is 137 cm³/mol. The van der Waals surface area contributed by atoms with E-state index in [4.69, 9.17) is 11.6 Å². The third-order valence-corrected chi connectivity index (χ3v) is 7.17. The van der Waals surface area contributed by atoms with Gasteiger partial charge < -0.3 is 14.6 Å². The first-order chi connectivity index (χ1) is 18.9. The minimum absolute atomic E-state index is 0.0484. The fourth-order valence-electron chi connectivity index (χ4n) is 5.14. The molecule has 2 amide bonds. The highest BCUT2D eigenvalue weighted by Gasteiger charge is 2.42.